The maximum Gasteiger partial charge on any atom is 0.0893 e. The van der Waals surface area contributed by atoms with Crippen LogP contribution in [-0.2, 0) is 0 Å². The van der Waals surface area contributed by atoms with Crippen LogP contribution in [0.2, 0.25) is 0 Å². The van der Waals surface area contributed by atoms with Crippen LogP contribution in [0.15, 0.2) is 11.6 Å². The summed E-state index contributed by atoms with van der Waals surface area (Å²) in [5, 5.41) is 3.10. The van der Waals surface area contributed by atoms with Crippen molar-refractivity contribution in [3.63, 3.8) is 0 Å². The molecule has 0 saturated carbocycles. The van der Waals surface area contributed by atoms with Gasteiger partial charge in [-0.1, -0.05) is 58.8 Å². The van der Waals surface area contributed by atoms with Gasteiger partial charge in [0.2, 0.25) is 0 Å². The molecule has 0 saturated heterocycles. The number of thiazole rings is 1. The molecule has 1 aromatic heterocycles. The molecule has 0 N–H and O–H groups in total. The molecule has 0 fully saturated rings. The lowest BCUT2D eigenvalue weighted by Crippen LogP contribution is -1.76. The first-order chi connectivity index (χ1) is 7.31. The third kappa shape index (κ3) is 11.6. The lowest BCUT2D eigenvalue weighted by Gasteiger charge is -1.96. The van der Waals surface area contributed by atoms with E-state index in [-0.39, 0.29) is 0 Å². The molecule has 1 heterocycles. The molecule has 15 heavy (non-hydrogen) atoms. The Morgan fingerprint density at radius 1 is 1.00 bits per heavy atom. The van der Waals surface area contributed by atoms with Gasteiger partial charge in [0, 0.05) is 11.6 Å². The maximum atomic E-state index is 3.94. The third-order valence-corrected chi connectivity index (χ3v) is 2.97. The molecule has 0 aliphatic carbocycles. The van der Waals surface area contributed by atoms with Crippen molar-refractivity contribution in [3.05, 3.63) is 16.6 Å². The Labute approximate surface area is 98.9 Å². The molecule has 2 heteroatoms. The van der Waals surface area contributed by atoms with Crippen LogP contribution < -0.4 is 0 Å². The second-order valence-corrected chi connectivity index (χ2v) is 4.92. The second-order valence-electron chi connectivity index (χ2n) is 3.82. The summed E-state index contributed by atoms with van der Waals surface area (Å²) in [5.41, 5.74) is 0. The normalized spacial score (nSPS) is 9.53. The molecule has 0 aliphatic heterocycles. The fourth-order valence-corrected chi connectivity index (χ4v) is 1.77. The predicted octanol–water partition coefficient (Wildman–Crippen LogP) is 5.21. The molecule has 0 spiro atoms. The Kier molecular flexibility index (Phi) is 11.4. The van der Waals surface area contributed by atoms with Crippen LogP contribution in [0.1, 0.15) is 63.8 Å². The molecule has 0 radical (unpaired) electrons. The molecule has 88 valence electrons. The van der Waals surface area contributed by atoms with Crippen LogP contribution in [0, 0.1) is 6.92 Å². The highest BCUT2D eigenvalue weighted by Gasteiger charge is 1.85. The summed E-state index contributed by atoms with van der Waals surface area (Å²) in [6, 6.07) is 0. The van der Waals surface area contributed by atoms with E-state index in [2.05, 4.69) is 18.8 Å². The van der Waals surface area contributed by atoms with Gasteiger partial charge in [0.1, 0.15) is 0 Å². The SMILES string of the molecule is CCCCCCCCC.Cc1nccs1. The van der Waals surface area contributed by atoms with Crippen LogP contribution in [0.4, 0.5) is 0 Å². The molecule has 0 amide bonds. The molecule has 1 aromatic rings. The van der Waals surface area contributed by atoms with Crippen LogP contribution in [0.25, 0.3) is 0 Å². The third-order valence-electron chi connectivity index (χ3n) is 2.26. The molecule has 0 aromatic carbocycles. The topological polar surface area (TPSA) is 12.9 Å². The molecular weight excluding hydrogens is 202 g/mol. The first-order valence-corrected chi connectivity index (χ1v) is 7.05. The molecule has 0 atom stereocenters. The Bertz CT molecular complexity index is 188. The summed E-state index contributed by atoms with van der Waals surface area (Å²) in [7, 11) is 0. The van der Waals surface area contributed by atoms with E-state index >= 15 is 0 Å². The lowest BCUT2D eigenvalue weighted by molar-refractivity contribution is 0.602. The van der Waals surface area contributed by atoms with Gasteiger partial charge in [-0.2, -0.15) is 0 Å². The number of unbranched alkanes of at least 4 members (excludes halogenated alkanes) is 6. The van der Waals surface area contributed by atoms with Crippen molar-refractivity contribution in [1.82, 2.24) is 4.98 Å². The molecule has 1 nitrogen and oxygen atoms in total. The molecule has 1 rings (SSSR count). The van der Waals surface area contributed by atoms with Gasteiger partial charge in [0.15, 0.2) is 0 Å². The predicted molar refractivity (Wildman–Crippen MR) is 70.5 cm³/mol. The summed E-state index contributed by atoms with van der Waals surface area (Å²) < 4.78 is 0. The van der Waals surface area contributed by atoms with E-state index in [1.54, 1.807) is 17.5 Å². The van der Waals surface area contributed by atoms with E-state index in [4.69, 9.17) is 0 Å². The van der Waals surface area contributed by atoms with Crippen molar-refractivity contribution in [3.8, 4) is 0 Å². The van der Waals surface area contributed by atoms with E-state index in [1.807, 2.05) is 12.3 Å². The van der Waals surface area contributed by atoms with Gasteiger partial charge in [-0.15, -0.1) is 11.3 Å². The van der Waals surface area contributed by atoms with E-state index in [0.29, 0.717) is 0 Å². The van der Waals surface area contributed by atoms with E-state index < -0.39 is 0 Å². The van der Waals surface area contributed by atoms with Crippen LogP contribution >= 0.6 is 11.3 Å². The number of hydrogen-bond donors (Lipinski definition) is 0. The fraction of sp³-hybridized carbons (Fsp3) is 0.769. The highest BCUT2D eigenvalue weighted by molar-refractivity contribution is 7.09. The largest absolute Gasteiger partial charge is 0.250 e. The van der Waals surface area contributed by atoms with Crippen LogP contribution in [0.3, 0.4) is 0 Å². The zero-order chi connectivity index (χ0) is 11.4. The van der Waals surface area contributed by atoms with Crippen molar-refractivity contribution >= 4 is 11.3 Å². The zero-order valence-corrected chi connectivity index (χ0v) is 11.3. The summed E-state index contributed by atoms with van der Waals surface area (Å²) in [4.78, 5) is 3.94. The molecule has 0 aliphatic rings. The van der Waals surface area contributed by atoms with Gasteiger partial charge < -0.3 is 0 Å². The second kappa shape index (κ2) is 11.7. The molecule has 0 unspecified atom stereocenters. The average molecular weight is 227 g/mol. The van der Waals surface area contributed by atoms with Gasteiger partial charge in [0.05, 0.1) is 5.01 Å². The summed E-state index contributed by atoms with van der Waals surface area (Å²) in [6.07, 6.45) is 11.8. The minimum absolute atomic E-state index is 1.13. The van der Waals surface area contributed by atoms with Crippen molar-refractivity contribution in [2.75, 3.05) is 0 Å². The van der Waals surface area contributed by atoms with Gasteiger partial charge in [-0.05, 0) is 6.92 Å². The van der Waals surface area contributed by atoms with E-state index in [0.717, 1.165) is 5.01 Å². The maximum absolute atomic E-state index is 3.94. The van der Waals surface area contributed by atoms with Crippen molar-refractivity contribution < 1.29 is 0 Å². The molecular formula is C13H25NS. The highest BCUT2D eigenvalue weighted by atomic mass is 32.1. The van der Waals surface area contributed by atoms with Crippen LogP contribution in [-0.4, -0.2) is 4.98 Å². The van der Waals surface area contributed by atoms with Gasteiger partial charge >= 0.3 is 0 Å². The minimum atomic E-state index is 1.13. The van der Waals surface area contributed by atoms with Gasteiger partial charge in [-0.25, -0.2) is 0 Å². The quantitative estimate of drug-likeness (QED) is 0.608. The minimum Gasteiger partial charge on any atom is -0.250 e. The van der Waals surface area contributed by atoms with Crippen molar-refractivity contribution in [1.29, 1.82) is 0 Å². The summed E-state index contributed by atoms with van der Waals surface area (Å²) >= 11 is 1.67. The Morgan fingerprint density at radius 2 is 1.53 bits per heavy atom. The highest BCUT2D eigenvalue weighted by Crippen LogP contribution is 2.05. The number of rotatable bonds is 6. The lowest BCUT2D eigenvalue weighted by atomic mass is 10.1. The number of nitrogens with zero attached hydrogens (tertiary/aromatic N) is 1. The summed E-state index contributed by atoms with van der Waals surface area (Å²) in [5.74, 6) is 0. The number of aromatic nitrogens is 1. The van der Waals surface area contributed by atoms with Gasteiger partial charge in [0.25, 0.3) is 0 Å². The van der Waals surface area contributed by atoms with Crippen molar-refractivity contribution in [2.24, 2.45) is 0 Å². The Morgan fingerprint density at radius 3 is 1.80 bits per heavy atom. The number of hydrogen-bond acceptors (Lipinski definition) is 2. The summed E-state index contributed by atoms with van der Waals surface area (Å²) in [6.45, 7) is 6.52. The van der Waals surface area contributed by atoms with E-state index in [9.17, 15) is 0 Å². The average Bonchev–Trinajstić information content (AvgIpc) is 2.70. The first kappa shape index (κ1) is 14.6. The Hall–Kier alpha value is -0.370. The van der Waals surface area contributed by atoms with Crippen LogP contribution in [0.5, 0.6) is 0 Å². The van der Waals surface area contributed by atoms with E-state index in [1.165, 1.54) is 44.9 Å². The van der Waals surface area contributed by atoms with Crippen molar-refractivity contribution in [2.45, 2.75) is 65.7 Å². The monoisotopic (exact) mass is 227 g/mol. The number of aryl methyl sites for hydroxylation is 1. The molecule has 0 bridgehead atoms. The first-order valence-electron chi connectivity index (χ1n) is 6.17. The standard InChI is InChI=1S/C9H20.C4H5NS/c1-3-5-7-9-8-6-4-2;1-4-5-2-3-6-4/h3-9H2,1-2H3;2-3H,1H3. The fourth-order valence-electron chi connectivity index (χ4n) is 1.33. The smallest absolute Gasteiger partial charge is 0.0893 e. The Balaban J connectivity index is 0.000000280. The van der Waals surface area contributed by atoms with Gasteiger partial charge in [-0.3, -0.25) is 4.98 Å². The zero-order valence-electron chi connectivity index (χ0n) is 10.5.